The molecule has 0 spiro atoms. The number of nitriles is 1. The van der Waals surface area contributed by atoms with Crippen molar-refractivity contribution < 1.29 is 4.79 Å². The van der Waals surface area contributed by atoms with Crippen LogP contribution in [0.25, 0.3) is 0 Å². The van der Waals surface area contributed by atoms with Gasteiger partial charge in [-0.15, -0.1) is 0 Å². The quantitative estimate of drug-likeness (QED) is 0.651. The Morgan fingerprint density at radius 2 is 2.31 bits per heavy atom. The lowest BCUT2D eigenvalue weighted by molar-refractivity contribution is -0.127. The summed E-state index contributed by atoms with van der Waals surface area (Å²) in [7, 11) is 0. The van der Waals surface area contributed by atoms with Gasteiger partial charge in [0, 0.05) is 19.5 Å². The van der Waals surface area contributed by atoms with Gasteiger partial charge < -0.3 is 4.90 Å². The SMILES string of the molecule is N#CC1CC(=O)N(CCC2CC2)C1. The summed E-state index contributed by atoms with van der Waals surface area (Å²) in [5.74, 6) is 0.993. The van der Waals surface area contributed by atoms with Crippen molar-refractivity contribution in [2.24, 2.45) is 11.8 Å². The van der Waals surface area contributed by atoms with E-state index < -0.39 is 0 Å². The molecule has 1 saturated heterocycles. The minimum absolute atomic E-state index is 0.0493. The second-order valence-electron chi connectivity index (χ2n) is 4.10. The van der Waals surface area contributed by atoms with Crippen LogP contribution >= 0.6 is 0 Å². The fraction of sp³-hybridized carbons (Fsp3) is 0.800. The van der Waals surface area contributed by atoms with Crippen molar-refractivity contribution in [1.29, 1.82) is 5.26 Å². The highest BCUT2D eigenvalue weighted by Gasteiger charge is 2.30. The van der Waals surface area contributed by atoms with E-state index in [0.717, 1.165) is 18.9 Å². The van der Waals surface area contributed by atoms with Gasteiger partial charge in [0.05, 0.1) is 12.0 Å². The molecule has 1 unspecified atom stereocenters. The summed E-state index contributed by atoms with van der Waals surface area (Å²) in [6.45, 7) is 1.55. The van der Waals surface area contributed by atoms with Crippen molar-refractivity contribution in [2.45, 2.75) is 25.7 Å². The normalized spacial score (nSPS) is 27.8. The Bertz CT molecular complexity index is 252. The summed E-state index contributed by atoms with van der Waals surface area (Å²) in [5, 5.41) is 8.66. The van der Waals surface area contributed by atoms with Crippen LogP contribution in [0.1, 0.15) is 25.7 Å². The van der Waals surface area contributed by atoms with Crippen LogP contribution in [0.2, 0.25) is 0 Å². The molecule has 1 atom stereocenters. The second kappa shape index (κ2) is 3.37. The Kier molecular flexibility index (Phi) is 2.22. The van der Waals surface area contributed by atoms with Gasteiger partial charge in [0.2, 0.25) is 5.91 Å². The molecule has 3 nitrogen and oxygen atoms in total. The number of amides is 1. The molecule has 13 heavy (non-hydrogen) atoms. The zero-order valence-corrected chi connectivity index (χ0v) is 7.70. The van der Waals surface area contributed by atoms with Crippen molar-refractivity contribution >= 4 is 5.91 Å². The van der Waals surface area contributed by atoms with Crippen LogP contribution < -0.4 is 0 Å². The van der Waals surface area contributed by atoms with Gasteiger partial charge in [-0.1, -0.05) is 12.8 Å². The number of rotatable bonds is 3. The minimum atomic E-state index is -0.0493. The van der Waals surface area contributed by atoms with Crippen LogP contribution in [-0.2, 0) is 4.79 Å². The molecule has 0 aromatic heterocycles. The molecule has 2 aliphatic rings. The fourth-order valence-electron chi connectivity index (χ4n) is 1.82. The van der Waals surface area contributed by atoms with E-state index in [4.69, 9.17) is 5.26 Å². The van der Waals surface area contributed by atoms with Gasteiger partial charge in [-0.2, -0.15) is 5.26 Å². The number of likely N-dealkylation sites (tertiary alicyclic amines) is 1. The molecule has 0 radical (unpaired) electrons. The molecular weight excluding hydrogens is 164 g/mol. The lowest BCUT2D eigenvalue weighted by atomic mass is 10.1. The molecule has 3 heteroatoms. The molecular formula is C10H14N2O. The first kappa shape index (κ1) is 8.55. The molecule has 1 saturated carbocycles. The topological polar surface area (TPSA) is 44.1 Å². The van der Waals surface area contributed by atoms with Gasteiger partial charge >= 0.3 is 0 Å². The molecule has 1 aliphatic carbocycles. The van der Waals surface area contributed by atoms with Crippen LogP contribution in [0.4, 0.5) is 0 Å². The highest BCUT2D eigenvalue weighted by molar-refractivity contribution is 5.79. The largest absolute Gasteiger partial charge is 0.341 e. The van der Waals surface area contributed by atoms with Gasteiger partial charge in [-0.05, 0) is 12.3 Å². The van der Waals surface area contributed by atoms with Crippen LogP contribution in [-0.4, -0.2) is 23.9 Å². The highest BCUT2D eigenvalue weighted by Crippen LogP contribution is 2.33. The molecule has 1 heterocycles. The van der Waals surface area contributed by atoms with Crippen molar-refractivity contribution in [2.75, 3.05) is 13.1 Å². The molecule has 0 bridgehead atoms. The van der Waals surface area contributed by atoms with Crippen LogP contribution in [0, 0.1) is 23.2 Å². The van der Waals surface area contributed by atoms with Crippen LogP contribution in [0.15, 0.2) is 0 Å². The maximum Gasteiger partial charge on any atom is 0.224 e. The van der Waals surface area contributed by atoms with Crippen molar-refractivity contribution in [3.63, 3.8) is 0 Å². The molecule has 1 aliphatic heterocycles. The first-order chi connectivity index (χ1) is 6.29. The zero-order chi connectivity index (χ0) is 9.26. The number of hydrogen-bond acceptors (Lipinski definition) is 2. The van der Waals surface area contributed by atoms with Crippen molar-refractivity contribution in [3.8, 4) is 6.07 Å². The smallest absolute Gasteiger partial charge is 0.224 e. The van der Waals surface area contributed by atoms with E-state index >= 15 is 0 Å². The van der Waals surface area contributed by atoms with E-state index in [1.807, 2.05) is 4.90 Å². The highest BCUT2D eigenvalue weighted by atomic mass is 16.2. The minimum Gasteiger partial charge on any atom is -0.341 e. The fourth-order valence-corrected chi connectivity index (χ4v) is 1.82. The van der Waals surface area contributed by atoms with Crippen molar-refractivity contribution in [1.82, 2.24) is 4.90 Å². The third kappa shape index (κ3) is 2.00. The molecule has 2 fully saturated rings. The van der Waals surface area contributed by atoms with E-state index in [9.17, 15) is 4.79 Å². The third-order valence-corrected chi connectivity index (χ3v) is 2.90. The number of carbonyl (C=O) groups is 1. The Labute approximate surface area is 78.3 Å². The van der Waals surface area contributed by atoms with Gasteiger partial charge in [-0.25, -0.2) is 0 Å². The third-order valence-electron chi connectivity index (χ3n) is 2.90. The van der Waals surface area contributed by atoms with Gasteiger partial charge in [0.15, 0.2) is 0 Å². The zero-order valence-electron chi connectivity index (χ0n) is 7.70. The van der Waals surface area contributed by atoms with Gasteiger partial charge in [0.25, 0.3) is 0 Å². The molecule has 0 N–H and O–H groups in total. The predicted molar refractivity (Wildman–Crippen MR) is 47.6 cm³/mol. The summed E-state index contributed by atoms with van der Waals surface area (Å²) in [4.78, 5) is 13.2. The molecule has 0 aromatic carbocycles. The lowest BCUT2D eigenvalue weighted by Gasteiger charge is -2.14. The maximum absolute atomic E-state index is 11.4. The molecule has 2 rings (SSSR count). The standard InChI is InChI=1S/C10H14N2O/c11-6-9-5-10(13)12(7-9)4-3-8-1-2-8/h8-9H,1-5,7H2. The van der Waals surface area contributed by atoms with E-state index in [-0.39, 0.29) is 11.8 Å². The number of hydrogen-bond donors (Lipinski definition) is 0. The summed E-state index contributed by atoms with van der Waals surface area (Å²) < 4.78 is 0. The summed E-state index contributed by atoms with van der Waals surface area (Å²) in [6.07, 6.45) is 4.26. The van der Waals surface area contributed by atoms with E-state index in [1.54, 1.807) is 0 Å². The lowest BCUT2D eigenvalue weighted by Crippen LogP contribution is -2.26. The van der Waals surface area contributed by atoms with Gasteiger partial charge in [-0.3, -0.25) is 4.79 Å². The maximum atomic E-state index is 11.4. The van der Waals surface area contributed by atoms with Crippen LogP contribution in [0.3, 0.4) is 0 Å². The van der Waals surface area contributed by atoms with Crippen molar-refractivity contribution in [3.05, 3.63) is 0 Å². The van der Waals surface area contributed by atoms with E-state index in [2.05, 4.69) is 6.07 Å². The Balaban J connectivity index is 1.78. The Morgan fingerprint density at radius 1 is 1.54 bits per heavy atom. The molecule has 0 aromatic rings. The van der Waals surface area contributed by atoms with Crippen LogP contribution in [0.5, 0.6) is 0 Å². The molecule has 70 valence electrons. The average molecular weight is 178 g/mol. The monoisotopic (exact) mass is 178 g/mol. The van der Waals surface area contributed by atoms with Gasteiger partial charge in [0.1, 0.15) is 0 Å². The Morgan fingerprint density at radius 3 is 2.85 bits per heavy atom. The molecule has 1 amide bonds. The Hall–Kier alpha value is -1.04. The number of carbonyl (C=O) groups excluding carboxylic acids is 1. The summed E-state index contributed by atoms with van der Waals surface area (Å²) in [6, 6.07) is 2.17. The summed E-state index contributed by atoms with van der Waals surface area (Å²) in [5.41, 5.74) is 0. The van der Waals surface area contributed by atoms with E-state index in [0.29, 0.717) is 13.0 Å². The number of nitrogens with zero attached hydrogens (tertiary/aromatic N) is 2. The van der Waals surface area contributed by atoms with E-state index in [1.165, 1.54) is 12.8 Å². The predicted octanol–water partition coefficient (Wildman–Crippen LogP) is 1.16. The summed E-state index contributed by atoms with van der Waals surface area (Å²) >= 11 is 0. The average Bonchev–Trinajstić information content (AvgIpc) is 2.88. The first-order valence-corrected chi connectivity index (χ1v) is 4.97. The first-order valence-electron chi connectivity index (χ1n) is 4.97. The second-order valence-corrected chi connectivity index (χ2v) is 4.10.